The number of hydrogen-bond donors (Lipinski definition) is 3. The predicted octanol–water partition coefficient (Wildman–Crippen LogP) is 3.20. The maximum absolute atomic E-state index is 10.7. The molecule has 5 heteroatoms. The van der Waals surface area contributed by atoms with Gasteiger partial charge in [0, 0.05) is 36.3 Å². The van der Waals surface area contributed by atoms with Gasteiger partial charge in [-0.15, -0.1) is 0 Å². The maximum Gasteiger partial charge on any atom is 0.0596 e. The molecule has 0 radical (unpaired) electrons. The smallest absolute Gasteiger partial charge is 0.0596 e. The number of rotatable bonds is 6. The first-order chi connectivity index (χ1) is 12.1. The van der Waals surface area contributed by atoms with Crippen LogP contribution >= 0.6 is 0 Å². The van der Waals surface area contributed by atoms with E-state index < -0.39 is 0 Å². The minimum atomic E-state index is -0.105. The number of likely N-dealkylation sites (N-methyl/N-ethyl adjacent to an activating group) is 2. The van der Waals surface area contributed by atoms with Crippen LogP contribution in [0, 0.1) is 5.41 Å². The average molecular weight is 349 g/mol. The molecule has 0 bridgehead atoms. The second-order valence-electron chi connectivity index (χ2n) is 8.42. The molecule has 0 saturated heterocycles. The lowest BCUT2D eigenvalue weighted by molar-refractivity contribution is -0.0438. The Morgan fingerprint density at radius 1 is 1.36 bits per heavy atom. The number of hydrogen-bond acceptors (Lipinski definition) is 4. The Morgan fingerprint density at radius 2 is 2.12 bits per heavy atom. The van der Waals surface area contributed by atoms with Gasteiger partial charge >= 0.3 is 0 Å². The number of aliphatic hydroxyl groups excluding tert-OH is 1. The molecule has 142 valence electrons. The number of H-pyrrole nitrogens is 1. The molecule has 1 unspecified atom stereocenters. The molecule has 0 aromatic carbocycles. The van der Waals surface area contributed by atoms with Gasteiger partial charge in [-0.3, -0.25) is 10.00 Å². The summed E-state index contributed by atoms with van der Waals surface area (Å²) in [5.74, 6) is 0.513. The Labute approximate surface area is 152 Å². The average Bonchev–Trinajstić information content (AvgIpc) is 3.12. The van der Waals surface area contributed by atoms with E-state index in [1.807, 2.05) is 13.2 Å². The molecule has 1 spiro atoms. The van der Waals surface area contributed by atoms with Gasteiger partial charge in [0.1, 0.15) is 0 Å². The molecule has 5 nitrogen and oxygen atoms in total. The van der Waals surface area contributed by atoms with Crippen LogP contribution in [0.5, 0.6) is 0 Å². The molecule has 3 rings (SSSR count). The van der Waals surface area contributed by atoms with Gasteiger partial charge in [0.2, 0.25) is 0 Å². The molecule has 2 aliphatic rings. The van der Waals surface area contributed by atoms with Crippen molar-refractivity contribution in [2.24, 2.45) is 5.41 Å². The van der Waals surface area contributed by atoms with Crippen LogP contribution in [0.15, 0.2) is 6.20 Å². The minimum absolute atomic E-state index is 0.105. The van der Waals surface area contributed by atoms with E-state index in [1.54, 1.807) is 0 Å². The van der Waals surface area contributed by atoms with Crippen molar-refractivity contribution in [2.45, 2.75) is 76.4 Å². The van der Waals surface area contributed by atoms with Crippen LogP contribution in [0.25, 0.3) is 0 Å². The molecule has 0 aliphatic heterocycles. The molecule has 3 atom stereocenters. The number of aliphatic hydroxyl groups is 1. The highest BCUT2D eigenvalue weighted by molar-refractivity contribution is 5.25. The van der Waals surface area contributed by atoms with E-state index in [2.05, 4.69) is 34.4 Å². The third kappa shape index (κ3) is 3.93. The van der Waals surface area contributed by atoms with Gasteiger partial charge in [-0.1, -0.05) is 19.3 Å². The Hall–Kier alpha value is -0.910. The van der Waals surface area contributed by atoms with Crippen molar-refractivity contribution < 1.29 is 5.11 Å². The fourth-order valence-electron chi connectivity index (χ4n) is 5.12. The number of nitrogens with one attached hydrogen (secondary N) is 2. The van der Waals surface area contributed by atoms with E-state index in [9.17, 15) is 5.11 Å². The summed E-state index contributed by atoms with van der Waals surface area (Å²) in [6.45, 7) is 4.29. The molecule has 2 fully saturated rings. The highest BCUT2D eigenvalue weighted by atomic mass is 16.3. The van der Waals surface area contributed by atoms with Crippen molar-refractivity contribution in [3.05, 3.63) is 17.5 Å². The van der Waals surface area contributed by atoms with Crippen molar-refractivity contribution in [3.63, 3.8) is 0 Å². The minimum Gasteiger partial charge on any atom is -0.393 e. The molecule has 2 saturated carbocycles. The number of aromatic nitrogens is 2. The van der Waals surface area contributed by atoms with Gasteiger partial charge in [-0.25, -0.2) is 0 Å². The van der Waals surface area contributed by atoms with Crippen molar-refractivity contribution in [1.82, 2.24) is 20.4 Å². The summed E-state index contributed by atoms with van der Waals surface area (Å²) >= 11 is 0. The zero-order valence-electron chi connectivity index (χ0n) is 16.2. The summed E-state index contributed by atoms with van der Waals surface area (Å²) in [4.78, 5) is 2.39. The summed E-state index contributed by atoms with van der Waals surface area (Å²) < 4.78 is 0. The second-order valence-corrected chi connectivity index (χ2v) is 8.42. The van der Waals surface area contributed by atoms with Gasteiger partial charge in [0.25, 0.3) is 0 Å². The molecular weight excluding hydrogens is 312 g/mol. The zero-order valence-corrected chi connectivity index (χ0v) is 16.2. The Balaban J connectivity index is 1.75. The van der Waals surface area contributed by atoms with E-state index in [1.165, 1.54) is 43.4 Å². The number of aromatic amines is 1. The standard InChI is InChI=1S/C20H36N4O/c1-15(24(3)12-11-21-2)17-14-22-23-19(17)16-7-8-18(25)20(13-16)9-5-4-6-10-20/h14-16,18,21,25H,4-13H2,1-3H3,(H,22,23)/t15?,16-,18-/m0/s1. The summed E-state index contributed by atoms with van der Waals surface area (Å²) in [6, 6.07) is 0.358. The van der Waals surface area contributed by atoms with E-state index in [0.29, 0.717) is 12.0 Å². The molecular formula is C20H36N4O. The van der Waals surface area contributed by atoms with Crippen LogP contribution in [0.2, 0.25) is 0 Å². The predicted molar refractivity (Wildman–Crippen MR) is 102 cm³/mol. The van der Waals surface area contributed by atoms with Crippen molar-refractivity contribution in [3.8, 4) is 0 Å². The normalized spacial score (nSPS) is 27.7. The molecule has 3 N–H and O–H groups in total. The SMILES string of the molecule is CNCCN(C)C(C)c1cn[nH]c1[C@H]1CC[C@H](O)C2(CCCCC2)C1. The van der Waals surface area contributed by atoms with Crippen molar-refractivity contribution in [1.29, 1.82) is 0 Å². The third-order valence-corrected chi connectivity index (χ3v) is 6.93. The zero-order chi connectivity index (χ0) is 17.9. The van der Waals surface area contributed by atoms with Crippen molar-refractivity contribution >= 4 is 0 Å². The van der Waals surface area contributed by atoms with Crippen LogP contribution in [0.1, 0.15) is 81.5 Å². The molecule has 1 aromatic rings. The van der Waals surface area contributed by atoms with Gasteiger partial charge in [0.05, 0.1) is 12.3 Å². The molecule has 25 heavy (non-hydrogen) atoms. The quantitative estimate of drug-likeness (QED) is 0.739. The molecule has 1 heterocycles. The Bertz CT molecular complexity index is 538. The Kier molecular flexibility index (Phi) is 6.18. The maximum atomic E-state index is 10.7. The van der Waals surface area contributed by atoms with Gasteiger partial charge in [-0.2, -0.15) is 5.10 Å². The van der Waals surface area contributed by atoms with Gasteiger partial charge in [-0.05, 0) is 58.5 Å². The monoisotopic (exact) mass is 348 g/mol. The van der Waals surface area contributed by atoms with Crippen LogP contribution in [0.4, 0.5) is 0 Å². The first-order valence-electron chi connectivity index (χ1n) is 10.1. The largest absolute Gasteiger partial charge is 0.393 e. The molecule has 0 amide bonds. The van der Waals surface area contributed by atoms with Crippen LogP contribution in [-0.4, -0.2) is 53.5 Å². The number of nitrogens with zero attached hydrogens (tertiary/aromatic N) is 2. The first kappa shape index (κ1) is 18.9. The van der Waals surface area contributed by atoms with E-state index in [-0.39, 0.29) is 11.5 Å². The van der Waals surface area contributed by atoms with Crippen molar-refractivity contribution in [2.75, 3.05) is 27.2 Å². The molecule has 1 aromatic heterocycles. The lowest BCUT2D eigenvalue weighted by Gasteiger charge is -2.47. The van der Waals surface area contributed by atoms with Gasteiger partial charge < -0.3 is 10.4 Å². The van der Waals surface area contributed by atoms with Crippen LogP contribution < -0.4 is 5.32 Å². The lowest BCUT2D eigenvalue weighted by atomic mass is 9.60. The van der Waals surface area contributed by atoms with Crippen LogP contribution in [-0.2, 0) is 0 Å². The summed E-state index contributed by atoms with van der Waals surface area (Å²) in [6.07, 6.45) is 11.3. The highest BCUT2D eigenvalue weighted by Gasteiger charge is 2.44. The molecule has 2 aliphatic carbocycles. The van der Waals surface area contributed by atoms with E-state index in [4.69, 9.17) is 0 Å². The topological polar surface area (TPSA) is 64.2 Å². The Morgan fingerprint density at radius 3 is 2.84 bits per heavy atom. The van der Waals surface area contributed by atoms with E-state index in [0.717, 1.165) is 32.4 Å². The second kappa shape index (κ2) is 8.19. The lowest BCUT2D eigenvalue weighted by Crippen LogP contribution is -2.42. The summed E-state index contributed by atoms with van der Waals surface area (Å²) in [5, 5.41) is 21.7. The fraction of sp³-hybridized carbons (Fsp3) is 0.850. The fourth-order valence-corrected chi connectivity index (χ4v) is 5.12. The third-order valence-electron chi connectivity index (χ3n) is 6.93. The summed E-state index contributed by atoms with van der Waals surface area (Å²) in [7, 11) is 4.19. The van der Waals surface area contributed by atoms with Crippen LogP contribution in [0.3, 0.4) is 0 Å². The van der Waals surface area contributed by atoms with Gasteiger partial charge in [0.15, 0.2) is 0 Å². The first-order valence-corrected chi connectivity index (χ1v) is 10.1. The van der Waals surface area contributed by atoms with E-state index >= 15 is 0 Å². The highest BCUT2D eigenvalue weighted by Crippen LogP contribution is 2.52. The summed E-state index contributed by atoms with van der Waals surface area (Å²) in [5.41, 5.74) is 2.82.